The standard InChI is InChI=1S/C15H17N3OS/c1-11-3-2-4-14-13(11)6-8-18(14)15(19)16-7-5-12-9-20-10-17-12/h2-4,9-10H,5-8H2,1H3,(H,16,19). The summed E-state index contributed by atoms with van der Waals surface area (Å²) in [5.74, 6) is 0. The fourth-order valence-electron chi connectivity index (χ4n) is 2.57. The lowest BCUT2D eigenvalue weighted by molar-refractivity contribution is 0.247. The molecular weight excluding hydrogens is 270 g/mol. The molecule has 0 radical (unpaired) electrons. The number of thiazole rings is 1. The number of nitrogens with one attached hydrogen (secondary N) is 1. The number of amides is 2. The third kappa shape index (κ3) is 2.54. The first kappa shape index (κ1) is 13.1. The first-order valence-corrected chi connectivity index (χ1v) is 7.71. The highest BCUT2D eigenvalue weighted by Crippen LogP contribution is 2.30. The highest BCUT2D eigenvalue weighted by Gasteiger charge is 2.25. The number of anilines is 1. The van der Waals surface area contributed by atoms with Gasteiger partial charge in [-0.3, -0.25) is 4.90 Å². The van der Waals surface area contributed by atoms with Crippen LogP contribution in [0, 0.1) is 6.92 Å². The second kappa shape index (κ2) is 5.63. The first-order valence-electron chi connectivity index (χ1n) is 6.76. The van der Waals surface area contributed by atoms with Crippen LogP contribution in [0.3, 0.4) is 0 Å². The van der Waals surface area contributed by atoms with Crippen LogP contribution in [0.1, 0.15) is 16.8 Å². The molecule has 4 nitrogen and oxygen atoms in total. The molecule has 3 rings (SSSR count). The molecule has 1 aliphatic heterocycles. The normalized spacial score (nSPS) is 13.3. The zero-order valence-electron chi connectivity index (χ0n) is 11.4. The Bertz CT molecular complexity index is 610. The van der Waals surface area contributed by atoms with Gasteiger partial charge in [-0.1, -0.05) is 12.1 Å². The van der Waals surface area contributed by atoms with Crippen molar-refractivity contribution in [1.29, 1.82) is 0 Å². The van der Waals surface area contributed by atoms with Crippen molar-refractivity contribution in [1.82, 2.24) is 10.3 Å². The molecule has 1 aromatic heterocycles. The van der Waals surface area contributed by atoms with Crippen LogP contribution in [0.4, 0.5) is 10.5 Å². The number of rotatable bonds is 3. The number of aryl methyl sites for hydroxylation is 1. The Labute approximate surface area is 122 Å². The zero-order valence-corrected chi connectivity index (χ0v) is 12.2. The van der Waals surface area contributed by atoms with E-state index in [9.17, 15) is 4.79 Å². The Morgan fingerprint density at radius 2 is 2.40 bits per heavy atom. The van der Waals surface area contributed by atoms with E-state index in [1.54, 1.807) is 11.3 Å². The SMILES string of the molecule is Cc1cccc2c1CCN2C(=O)NCCc1cscn1. The van der Waals surface area contributed by atoms with Gasteiger partial charge in [-0.05, 0) is 30.5 Å². The van der Waals surface area contributed by atoms with E-state index in [1.165, 1.54) is 11.1 Å². The average molecular weight is 287 g/mol. The lowest BCUT2D eigenvalue weighted by Crippen LogP contribution is -2.39. The highest BCUT2D eigenvalue weighted by molar-refractivity contribution is 7.07. The van der Waals surface area contributed by atoms with E-state index in [-0.39, 0.29) is 6.03 Å². The molecule has 104 valence electrons. The number of carbonyl (C=O) groups excluding carboxylic acids is 1. The van der Waals surface area contributed by atoms with Crippen LogP contribution >= 0.6 is 11.3 Å². The van der Waals surface area contributed by atoms with E-state index in [0.717, 1.165) is 30.8 Å². The van der Waals surface area contributed by atoms with E-state index >= 15 is 0 Å². The van der Waals surface area contributed by atoms with Gasteiger partial charge in [0.2, 0.25) is 0 Å². The largest absolute Gasteiger partial charge is 0.337 e. The molecule has 0 spiro atoms. The Hall–Kier alpha value is -1.88. The van der Waals surface area contributed by atoms with E-state index in [1.807, 2.05) is 27.9 Å². The van der Waals surface area contributed by atoms with Gasteiger partial charge in [0.05, 0.1) is 11.2 Å². The van der Waals surface area contributed by atoms with Crippen LogP contribution in [0.5, 0.6) is 0 Å². The van der Waals surface area contributed by atoms with Gasteiger partial charge in [-0.15, -0.1) is 11.3 Å². The fraction of sp³-hybridized carbons (Fsp3) is 0.333. The van der Waals surface area contributed by atoms with Gasteiger partial charge in [0.1, 0.15) is 0 Å². The van der Waals surface area contributed by atoms with Gasteiger partial charge in [-0.25, -0.2) is 9.78 Å². The van der Waals surface area contributed by atoms with E-state index in [0.29, 0.717) is 6.54 Å². The van der Waals surface area contributed by atoms with Gasteiger partial charge in [0, 0.05) is 30.6 Å². The molecule has 1 aromatic carbocycles. The predicted octanol–water partition coefficient (Wildman–Crippen LogP) is 2.77. The van der Waals surface area contributed by atoms with Crippen molar-refractivity contribution in [3.05, 3.63) is 45.9 Å². The van der Waals surface area contributed by atoms with Crippen LogP contribution in [0.25, 0.3) is 0 Å². The van der Waals surface area contributed by atoms with Crippen LogP contribution in [0.2, 0.25) is 0 Å². The molecule has 0 saturated heterocycles. The van der Waals surface area contributed by atoms with Gasteiger partial charge >= 0.3 is 6.03 Å². The van der Waals surface area contributed by atoms with E-state index < -0.39 is 0 Å². The number of hydrogen-bond acceptors (Lipinski definition) is 3. The lowest BCUT2D eigenvalue weighted by Gasteiger charge is -2.18. The molecule has 0 fully saturated rings. The number of aromatic nitrogens is 1. The summed E-state index contributed by atoms with van der Waals surface area (Å²) in [5, 5.41) is 4.99. The minimum atomic E-state index is -0.00965. The quantitative estimate of drug-likeness (QED) is 0.943. The van der Waals surface area contributed by atoms with Crippen LogP contribution in [-0.4, -0.2) is 24.1 Å². The minimum absolute atomic E-state index is 0.00965. The molecule has 0 saturated carbocycles. The molecule has 5 heteroatoms. The van der Waals surface area contributed by atoms with Crippen molar-refractivity contribution in [3.63, 3.8) is 0 Å². The number of hydrogen-bond donors (Lipinski definition) is 1. The van der Waals surface area contributed by atoms with Gasteiger partial charge in [-0.2, -0.15) is 0 Å². The van der Waals surface area contributed by atoms with Crippen LogP contribution in [-0.2, 0) is 12.8 Å². The fourth-order valence-corrected chi connectivity index (χ4v) is 3.17. The van der Waals surface area contributed by atoms with Crippen molar-refractivity contribution in [2.24, 2.45) is 0 Å². The third-order valence-corrected chi connectivity index (χ3v) is 4.28. The molecular formula is C15H17N3OS. The molecule has 0 aliphatic carbocycles. The molecule has 2 aromatic rings. The van der Waals surface area contributed by atoms with Crippen molar-refractivity contribution >= 4 is 23.1 Å². The smallest absolute Gasteiger partial charge is 0.321 e. The summed E-state index contributed by atoms with van der Waals surface area (Å²) >= 11 is 1.58. The summed E-state index contributed by atoms with van der Waals surface area (Å²) < 4.78 is 0. The molecule has 0 atom stereocenters. The first-order chi connectivity index (χ1) is 9.75. The monoisotopic (exact) mass is 287 g/mol. The average Bonchev–Trinajstić information content (AvgIpc) is 3.08. The Morgan fingerprint density at radius 3 is 3.20 bits per heavy atom. The van der Waals surface area contributed by atoms with Gasteiger partial charge in [0.15, 0.2) is 0 Å². The van der Waals surface area contributed by atoms with E-state index in [2.05, 4.69) is 23.3 Å². The highest BCUT2D eigenvalue weighted by atomic mass is 32.1. The van der Waals surface area contributed by atoms with Gasteiger partial charge < -0.3 is 5.32 Å². The lowest BCUT2D eigenvalue weighted by atomic mass is 10.1. The van der Waals surface area contributed by atoms with Crippen LogP contribution < -0.4 is 10.2 Å². The molecule has 1 aliphatic rings. The summed E-state index contributed by atoms with van der Waals surface area (Å²) in [6.07, 6.45) is 1.73. The molecule has 2 heterocycles. The summed E-state index contributed by atoms with van der Waals surface area (Å²) in [6.45, 7) is 3.49. The predicted molar refractivity (Wildman–Crippen MR) is 81.4 cm³/mol. The van der Waals surface area contributed by atoms with Crippen molar-refractivity contribution < 1.29 is 4.79 Å². The summed E-state index contributed by atoms with van der Waals surface area (Å²) in [7, 11) is 0. The Balaban J connectivity index is 1.61. The molecule has 20 heavy (non-hydrogen) atoms. The maximum absolute atomic E-state index is 12.2. The van der Waals surface area contributed by atoms with Crippen LogP contribution in [0.15, 0.2) is 29.1 Å². The van der Waals surface area contributed by atoms with E-state index in [4.69, 9.17) is 0 Å². The Kier molecular flexibility index (Phi) is 3.69. The van der Waals surface area contributed by atoms with Crippen molar-refractivity contribution in [2.75, 3.05) is 18.0 Å². The summed E-state index contributed by atoms with van der Waals surface area (Å²) in [6, 6.07) is 6.12. The number of fused-ring (bicyclic) bond motifs is 1. The zero-order chi connectivity index (χ0) is 13.9. The number of carbonyl (C=O) groups is 1. The maximum atomic E-state index is 12.2. The summed E-state index contributed by atoms with van der Waals surface area (Å²) in [4.78, 5) is 18.3. The number of nitrogens with zero attached hydrogens (tertiary/aromatic N) is 2. The number of benzene rings is 1. The summed E-state index contributed by atoms with van der Waals surface area (Å²) in [5.41, 5.74) is 6.46. The van der Waals surface area contributed by atoms with Gasteiger partial charge in [0.25, 0.3) is 0 Å². The molecule has 1 N–H and O–H groups in total. The third-order valence-electron chi connectivity index (χ3n) is 3.65. The molecule has 0 bridgehead atoms. The molecule has 0 unspecified atom stereocenters. The second-order valence-electron chi connectivity index (χ2n) is 4.94. The molecule has 2 amide bonds. The number of urea groups is 1. The minimum Gasteiger partial charge on any atom is -0.337 e. The topological polar surface area (TPSA) is 45.2 Å². The van der Waals surface area contributed by atoms with Crippen molar-refractivity contribution in [2.45, 2.75) is 19.8 Å². The second-order valence-corrected chi connectivity index (χ2v) is 5.65. The Morgan fingerprint density at radius 1 is 1.50 bits per heavy atom. The van der Waals surface area contributed by atoms with Crippen molar-refractivity contribution in [3.8, 4) is 0 Å². The maximum Gasteiger partial charge on any atom is 0.321 e.